The summed E-state index contributed by atoms with van der Waals surface area (Å²) in [6, 6.07) is 9.62. The van der Waals surface area contributed by atoms with Gasteiger partial charge in [-0.1, -0.05) is 30.3 Å². The van der Waals surface area contributed by atoms with Gasteiger partial charge >= 0.3 is 12.2 Å². The van der Waals surface area contributed by atoms with E-state index < -0.39 is 32.7 Å². The van der Waals surface area contributed by atoms with Crippen LogP contribution in [0.1, 0.15) is 54.9 Å². The number of sulfone groups is 1. The van der Waals surface area contributed by atoms with Crippen molar-refractivity contribution in [3.63, 3.8) is 0 Å². The van der Waals surface area contributed by atoms with Gasteiger partial charge in [0.05, 0.1) is 11.5 Å². The Morgan fingerprint density at radius 2 is 1.73 bits per heavy atom. The van der Waals surface area contributed by atoms with Crippen LogP contribution >= 0.6 is 0 Å². The van der Waals surface area contributed by atoms with E-state index in [2.05, 4.69) is 5.32 Å². The van der Waals surface area contributed by atoms with Gasteiger partial charge in [0, 0.05) is 24.5 Å². The summed E-state index contributed by atoms with van der Waals surface area (Å²) in [5.41, 5.74) is -2.32. The average Bonchev–Trinajstić information content (AvgIpc) is 3.28. The first-order valence-corrected chi connectivity index (χ1v) is 15.4. The summed E-state index contributed by atoms with van der Waals surface area (Å²) in [6.45, 7) is 1.31. The standard InChI is InChI=1S/C29H33F5N2O3S/c1-27(31,29(32,33)34)22-5-8-24-21(16-22)4-9-25-28(24,17-19-2-6-23(30)7-3-19)12-13-36(25)26(37)35-18-20-10-14-40(38,39)15-11-20/h2-3,5-8,16,20,25H,4,9-15,17-18H2,1H3,(H,35,37)/t25-,27?,28-/m1/s1. The molecule has 2 aliphatic heterocycles. The number of nitrogens with zero attached hydrogens (tertiary/aromatic N) is 1. The summed E-state index contributed by atoms with van der Waals surface area (Å²) in [5.74, 6) is -0.0748. The molecule has 5 nitrogen and oxygen atoms in total. The van der Waals surface area contributed by atoms with Crippen molar-refractivity contribution in [2.24, 2.45) is 5.92 Å². The molecule has 0 saturated carbocycles. The highest BCUT2D eigenvalue weighted by Crippen LogP contribution is 2.51. The van der Waals surface area contributed by atoms with E-state index in [0.29, 0.717) is 64.1 Å². The summed E-state index contributed by atoms with van der Waals surface area (Å²) in [5, 5.41) is 2.98. The number of aryl methyl sites for hydroxylation is 1. The predicted molar refractivity (Wildman–Crippen MR) is 141 cm³/mol. The molecule has 2 heterocycles. The van der Waals surface area contributed by atoms with E-state index in [-0.39, 0.29) is 35.3 Å². The van der Waals surface area contributed by atoms with Gasteiger partial charge in [-0.25, -0.2) is 22.0 Å². The van der Waals surface area contributed by atoms with Crippen LogP contribution in [-0.4, -0.2) is 56.2 Å². The lowest BCUT2D eigenvalue weighted by Crippen LogP contribution is -2.52. The number of amides is 2. The van der Waals surface area contributed by atoms with E-state index >= 15 is 0 Å². The number of alkyl halides is 4. The molecular formula is C29H33F5N2O3S. The van der Waals surface area contributed by atoms with Crippen LogP contribution in [0.2, 0.25) is 0 Å². The molecule has 218 valence electrons. The predicted octanol–water partition coefficient (Wildman–Crippen LogP) is 5.61. The molecule has 40 heavy (non-hydrogen) atoms. The monoisotopic (exact) mass is 584 g/mol. The minimum atomic E-state index is -5.06. The highest BCUT2D eigenvalue weighted by atomic mass is 32.2. The lowest BCUT2D eigenvalue weighted by atomic mass is 9.63. The molecule has 1 N–H and O–H groups in total. The SMILES string of the molecule is CC(F)(c1ccc2c(c1)CC[C@H]1N(C(=O)NCC3CCS(=O)(=O)CC3)CC[C@@]21Cc1ccc(F)cc1)C(F)(F)F. The number of urea groups is 1. The van der Waals surface area contributed by atoms with Crippen LogP contribution in [0.25, 0.3) is 0 Å². The fraction of sp³-hybridized carbons (Fsp3) is 0.552. The molecule has 5 rings (SSSR count). The molecule has 0 radical (unpaired) electrons. The lowest BCUT2D eigenvalue weighted by molar-refractivity contribution is -0.228. The number of halogens is 5. The molecule has 3 aliphatic rings. The lowest BCUT2D eigenvalue weighted by Gasteiger charge is -2.44. The van der Waals surface area contributed by atoms with Crippen LogP contribution in [-0.2, 0) is 33.8 Å². The van der Waals surface area contributed by atoms with Gasteiger partial charge in [-0.15, -0.1) is 0 Å². The second-order valence-corrected chi connectivity index (χ2v) is 13.9. The highest BCUT2D eigenvalue weighted by molar-refractivity contribution is 7.91. The van der Waals surface area contributed by atoms with Crippen LogP contribution in [0.3, 0.4) is 0 Å². The summed E-state index contributed by atoms with van der Waals surface area (Å²) in [7, 11) is -3.01. The molecule has 2 aromatic carbocycles. The van der Waals surface area contributed by atoms with E-state index in [4.69, 9.17) is 0 Å². The smallest absolute Gasteiger partial charge is 0.338 e. The molecule has 3 atom stereocenters. The van der Waals surface area contributed by atoms with Crippen molar-refractivity contribution in [3.8, 4) is 0 Å². The van der Waals surface area contributed by atoms with E-state index in [9.17, 15) is 35.2 Å². The van der Waals surface area contributed by atoms with Crippen molar-refractivity contribution in [2.45, 2.75) is 68.8 Å². The number of hydrogen-bond donors (Lipinski definition) is 1. The van der Waals surface area contributed by atoms with Crippen molar-refractivity contribution >= 4 is 15.9 Å². The summed E-state index contributed by atoms with van der Waals surface area (Å²) >= 11 is 0. The second kappa shape index (κ2) is 10.3. The van der Waals surface area contributed by atoms with E-state index in [1.165, 1.54) is 24.3 Å². The number of benzene rings is 2. The summed E-state index contributed by atoms with van der Waals surface area (Å²) in [4.78, 5) is 15.2. The fourth-order valence-electron chi connectivity index (χ4n) is 6.71. The topological polar surface area (TPSA) is 66.5 Å². The zero-order valence-electron chi connectivity index (χ0n) is 22.2. The number of rotatable bonds is 5. The van der Waals surface area contributed by atoms with Crippen LogP contribution in [0.4, 0.5) is 26.7 Å². The van der Waals surface area contributed by atoms with Gasteiger partial charge in [-0.05, 0) is 85.8 Å². The minimum absolute atomic E-state index is 0.0770. The second-order valence-electron chi connectivity index (χ2n) is 11.6. The molecule has 1 aliphatic carbocycles. The van der Waals surface area contributed by atoms with Crippen LogP contribution < -0.4 is 5.32 Å². The Kier molecular flexibility index (Phi) is 7.42. The Morgan fingerprint density at radius 1 is 1.05 bits per heavy atom. The number of carbonyl (C=O) groups is 1. The maximum Gasteiger partial charge on any atom is 0.426 e. The average molecular weight is 585 g/mol. The normalized spacial score (nSPS) is 26.1. The summed E-state index contributed by atoms with van der Waals surface area (Å²) in [6.07, 6.45) is -2.19. The molecule has 11 heteroatoms. The first-order valence-electron chi connectivity index (χ1n) is 13.6. The Bertz CT molecular complexity index is 1360. The third-order valence-electron chi connectivity index (χ3n) is 9.13. The van der Waals surface area contributed by atoms with Gasteiger partial charge in [0.15, 0.2) is 0 Å². The van der Waals surface area contributed by atoms with Gasteiger partial charge in [-0.3, -0.25) is 0 Å². The Labute approximate surface area is 231 Å². The number of carbonyl (C=O) groups excluding carboxylic acids is 1. The molecule has 2 fully saturated rings. The van der Waals surface area contributed by atoms with Crippen molar-refractivity contribution < 1.29 is 35.2 Å². The molecule has 2 saturated heterocycles. The van der Waals surface area contributed by atoms with E-state index in [1.807, 2.05) is 0 Å². The third-order valence-corrected chi connectivity index (χ3v) is 10.8. The molecule has 0 aromatic heterocycles. The Morgan fingerprint density at radius 3 is 2.38 bits per heavy atom. The minimum Gasteiger partial charge on any atom is -0.338 e. The number of hydrogen-bond acceptors (Lipinski definition) is 3. The van der Waals surface area contributed by atoms with Crippen LogP contribution in [0, 0.1) is 11.7 Å². The molecule has 1 unspecified atom stereocenters. The molecule has 0 bridgehead atoms. The molecule has 2 aromatic rings. The van der Waals surface area contributed by atoms with Crippen LogP contribution in [0.15, 0.2) is 42.5 Å². The van der Waals surface area contributed by atoms with E-state index in [0.717, 1.165) is 11.1 Å². The number of nitrogens with one attached hydrogen (secondary N) is 1. The van der Waals surface area contributed by atoms with Crippen LogP contribution in [0.5, 0.6) is 0 Å². The third kappa shape index (κ3) is 5.33. The van der Waals surface area contributed by atoms with E-state index in [1.54, 1.807) is 23.1 Å². The first-order chi connectivity index (χ1) is 18.7. The number of likely N-dealkylation sites (tertiary alicyclic amines) is 1. The molecular weight excluding hydrogens is 551 g/mol. The molecule has 2 amide bonds. The maximum absolute atomic E-state index is 14.8. The fourth-order valence-corrected chi connectivity index (χ4v) is 8.30. The van der Waals surface area contributed by atoms with Gasteiger partial charge in [0.25, 0.3) is 0 Å². The van der Waals surface area contributed by atoms with Crippen molar-refractivity contribution in [3.05, 3.63) is 70.5 Å². The summed E-state index contributed by atoms with van der Waals surface area (Å²) < 4.78 is 92.3. The molecule has 0 spiro atoms. The van der Waals surface area contributed by atoms with Crippen molar-refractivity contribution in [2.75, 3.05) is 24.6 Å². The zero-order valence-corrected chi connectivity index (χ0v) is 23.1. The zero-order chi connectivity index (χ0) is 28.9. The quantitative estimate of drug-likeness (QED) is 0.465. The maximum atomic E-state index is 14.8. The first kappa shape index (κ1) is 28.8. The van der Waals surface area contributed by atoms with Gasteiger partial charge < -0.3 is 10.2 Å². The van der Waals surface area contributed by atoms with Crippen molar-refractivity contribution in [1.82, 2.24) is 10.2 Å². The highest BCUT2D eigenvalue weighted by Gasteiger charge is 2.55. The Balaban J connectivity index is 1.43. The van der Waals surface area contributed by atoms with Gasteiger partial charge in [0.1, 0.15) is 15.7 Å². The van der Waals surface area contributed by atoms with Gasteiger partial charge in [0.2, 0.25) is 5.67 Å². The number of fused-ring (bicyclic) bond motifs is 3. The largest absolute Gasteiger partial charge is 0.426 e. The Hall–Kier alpha value is -2.69. The van der Waals surface area contributed by atoms with Crippen molar-refractivity contribution in [1.29, 1.82) is 0 Å². The van der Waals surface area contributed by atoms with Gasteiger partial charge in [-0.2, -0.15) is 13.2 Å².